The second-order valence-electron chi connectivity index (χ2n) is 9.86. The topological polar surface area (TPSA) is 95.6 Å². The SMILES string of the molecule is CCc1ccc(=O)n(-c2ccc(Cc3c(O)nc(CCC(C)C)n(-c4c(OC)cccc4OC)c3=O)cc2)c1. The van der Waals surface area contributed by atoms with Crippen molar-refractivity contribution >= 4 is 0 Å². The van der Waals surface area contributed by atoms with Gasteiger partial charge in [0.05, 0.1) is 19.8 Å². The van der Waals surface area contributed by atoms with Crippen LogP contribution in [0.1, 0.15) is 49.7 Å². The Morgan fingerprint density at radius 1 is 0.923 bits per heavy atom. The zero-order valence-electron chi connectivity index (χ0n) is 23.1. The number of pyridine rings is 1. The molecule has 8 heteroatoms. The minimum absolute atomic E-state index is 0.118. The molecular weight excluding hydrogens is 494 g/mol. The molecule has 2 heterocycles. The molecule has 2 aromatic heterocycles. The molecule has 1 N–H and O–H groups in total. The van der Waals surface area contributed by atoms with Crippen LogP contribution in [0.2, 0.25) is 0 Å². The number of ether oxygens (including phenoxy) is 2. The van der Waals surface area contributed by atoms with Crippen molar-refractivity contribution in [3.8, 4) is 28.8 Å². The number of aromatic nitrogens is 3. The molecule has 0 unspecified atom stereocenters. The molecule has 4 rings (SSSR count). The lowest BCUT2D eigenvalue weighted by molar-refractivity contribution is 0.387. The molecular formula is C31H35N3O5. The molecule has 0 bridgehead atoms. The molecule has 0 saturated carbocycles. The fourth-order valence-electron chi connectivity index (χ4n) is 4.53. The summed E-state index contributed by atoms with van der Waals surface area (Å²) >= 11 is 0. The summed E-state index contributed by atoms with van der Waals surface area (Å²) in [4.78, 5) is 30.9. The first-order valence-electron chi connectivity index (χ1n) is 13.1. The zero-order chi connectivity index (χ0) is 28.1. The van der Waals surface area contributed by atoms with Crippen LogP contribution in [0.15, 0.2) is 70.4 Å². The molecule has 39 heavy (non-hydrogen) atoms. The summed E-state index contributed by atoms with van der Waals surface area (Å²) in [6.07, 6.45) is 4.08. The lowest BCUT2D eigenvalue weighted by atomic mass is 10.0. The maximum atomic E-state index is 14.0. The Hall–Kier alpha value is -4.33. The van der Waals surface area contributed by atoms with E-state index in [1.807, 2.05) is 43.5 Å². The van der Waals surface area contributed by atoms with Crippen molar-refractivity contribution in [3.63, 3.8) is 0 Å². The standard InChI is InChI=1S/C31H35N3O5/c1-6-21-13-17-28(35)33(19-21)23-14-11-22(12-15-23)18-24-30(36)32-27(16-10-20(2)3)34(31(24)37)29-25(38-4)8-7-9-26(29)39-5/h7-9,11-15,17,19-20,36H,6,10,16,18H2,1-5H3. The first-order chi connectivity index (χ1) is 18.8. The van der Waals surface area contributed by atoms with E-state index in [0.29, 0.717) is 35.3 Å². The van der Waals surface area contributed by atoms with E-state index in [1.165, 1.54) is 18.8 Å². The predicted molar refractivity (Wildman–Crippen MR) is 152 cm³/mol. The first-order valence-corrected chi connectivity index (χ1v) is 13.1. The molecule has 0 radical (unpaired) electrons. The van der Waals surface area contributed by atoms with Gasteiger partial charge in [0.2, 0.25) is 5.88 Å². The van der Waals surface area contributed by atoms with E-state index < -0.39 is 0 Å². The lowest BCUT2D eigenvalue weighted by Gasteiger charge is -2.20. The smallest absolute Gasteiger partial charge is 0.265 e. The second-order valence-corrected chi connectivity index (χ2v) is 9.86. The van der Waals surface area contributed by atoms with Crippen molar-refractivity contribution in [2.45, 2.75) is 46.5 Å². The summed E-state index contributed by atoms with van der Waals surface area (Å²) in [7, 11) is 3.07. The van der Waals surface area contributed by atoms with Crippen LogP contribution >= 0.6 is 0 Å². The molecule has 0 fully saturated rings. The van der Waals surface area contributed by atoms with Crippen LogP contribution in [0.4, 0.5) is 0 Å². The van der Waals surface area contributed by atoms with Crippen LogP contribution in [0.25, 0.3) is 11.4 Å². The number of rotatable bonds is 10. The Morgan fingerprint density at radius 2 is 1.56 bits per heavy atom. The van der Waals surface area contributed by atoms with Gasteiger partial charge >= 0.3 is 0 Å². The molecule has 0 atom stereocenters. The van der Waals surface area contributed by atoms with E-state index in [-0.39, 0.29) is 29.0 Å². The quantitative estimate of drug-likeness (QED) is 0.316. The molecule has 0 amide bonds. The highest BCUT2D eigenvalue weighted by Crippen LogP contribution is 2.33. The van der Waals surface area contributed by atoms with Gasteiger partial charge in [-0.25, -0.2) is 0 Å². The number of hydrogen-bond donors (Lipinski definition) is 1. The van der Waals surface area contributed by atoms with Gasteiger partial charge in [0.15, 0.2) is 0 Å². The Kier molecular flexibility index (Phi) is 8.54. The highest BCUT2D eigenvalue weighted by atomic mass is 16.5. The van der Waals surface area contributed by atoms with Gasteiger partial charge < -0.3 is 14.6 Å². The van der Waals surface area contributed by atoms with E-state index in [4.69, 9.17) is 9.47 Å². The lowest BCUT2D eigenvalue weighted by Crippen LogP contribution is -2.28. The van der Waals surface area contributed by atoms with E-state index in [1.54, 1.807) is 28.8 Å². The van der Waals surface area contributed by atoms with Crippen LogP contribution in [0.3, 0.4) is 0 Å². The van der Waals surface area contributed by atoms with Crippen molar-refractivity contribution in [2.24, 2.45) is 5.92 Å². The molecule has 0 spiro atoms. The number of hydrogen-bond acceptors (Lipinski definition) is 6. The first kappa shape index (κ1) is 27.7. The molecule has 8 nitrogen and oxygen atoms in total. The van der Waals surface area contributed by atoms with Gasteiger partial charge in [-0.3, -0.25) is 18.7 Å². The second kappa shape index (κ2) is 12.0. The summed E-state index contributed by atoms with van der Waals surface area (Å²) in [5.74, 6) is 1.44. The highest BCUT2D eigenvalue weighted by molar-refractivity contribution is 5.58. The Morgan fingerprint density at radius 3 is 2.15 bits per heavy atom. The molecule has 204 valence electrons. The fraction of sp³-hybridized carbons (Fsp3) is 0.323. The Balaban J connectivity index is 1.80. The Bertz CT molecular complexity index is 1550. The minimum atomic E-state index is -0.389. The van der Waals surface area contributed by atoms with Crippen molar-refractivity contribution in [2.75, 3.05) is 14.2 Å². The van der Waals surface area contributed by atoms with Gasteiger partial charge in [0, 0.05) is 30.8 Å². The molecule has 2 aromatic carbocycles. The molecule has 0 aliphatic rings. The average molecular weight is 530 g/mol. The zero-order valence-corrected chi connectivity index (χ0v) is 23.1. The maximum absolute atomic E-state index is 14.0. The van der Waals surface area contributed by atoms with E-state index >= 15 is 0 Å². The largest absolute Gasteiger partial charge is 0.494 e. The minimum Gasteiger partial charge on any atom is -0.494 e. The van der Waals surface area contributed by atoms with E-state index in [0.717, 1.165) is 29.7 Å². The van der Waals surface area contributed by atoms with Gasteiger partial charge in [0.1, 0.15) is 23.0 Å². The molecule has 4 aromatic rings. The number of nitrogens with zero attached hydrogens (tertiary/aromatic N) is 3. The monoisotopic (exact) mass is 529 g/mol. The third kappa shape index (κ3) is 5.90. The Labute approximate surface area is 228 Å². The van der Waals surface area contributed by atoms with Gasteiger partial charge in [0.25, 0.3) is 11.1 Å². The summed E-state index contributed by atoms with van der Waals surface area (Å²) in [5.41, 5.74) is 2.68. The number of para-hydroxylation sites is 1. The van der Waals surface area contributed by atoms with E-state index in [9.17, 15) is 14.7 Å². The molecule has 0 aliphatic heterocycles. The van der Waals surface area contributed by atoms with Crippen molar-refractivity contribution in [3.05, 3.63) is 104 Å². The average Bonchev–Trinajstić information content (AvgIpc) is 2.94. The number of aromatic hydroxyl groups is 1. The highest BCUT2D eigenvalue weighted by Gasteiger charge is 2.23. The maximum Gasteiger partial charge on any atom is 0.265 e. The van der Waals surface area contributed by atoms with Crippen LogP contribution in [-0.4, -0.2) is 33.4 Å². The van der Waals surface area contributed by atoms with E-state index in [2.05, 4.69) is 18.8 Å². The number of benzene rings is 2. The van der Waals surface area contributed by atoms with Crippen LogP contribution < -0.4 is 20.6 Å². The van der Waals surface area contributed by atoms with Crippen molar-refractivity contribution in [1.29, 1.82) is 0 Å². The third-order valence-corrected chi connectivity index (χ3v) is 6.77. The van der Waals surface area contributed by atoms with Gasteiger partial charge in [-0.05, 0) is 54.2 Å². The number of methoxy groups -OCH3 is 2. The predicted octanol–water partition coefficient (Wildman–Crippen LogP) is 4.85. The van der Waals surface area contributed by atoms with Crippen molar-refractivity contribution < 1.29 is 14.6 Å². The molecule has 0 aliphatic carbocycles. The van der Waals surface area contributed by atoms with Crippen LogP contribution in [0, 0.1) is 5.92 Å². The van der Waals surface area contributed by atoms with Crippen molar-refractivity contribution in [1.82, 2.24) is 14.1 Å². The van der Waals surface area contributed by atoms with Gasteiger partial charge in [-0.2, -0.15) is 4.98 Å². The van der Waals surface area contributed by atoms with Gasteiger partial charge in [-0.1, -0.05) is 45.0 Å². The summed E-state index contributed by atoms with van der Waals surface area (Å²) in [6.45, 7) is 6.22. The van der Waals surface area contributed by atoms with Gasteiger partial charge in [-0.15, -0.1) is 0 Å². The third-order valence-electron chi connectivity index (χ3n) is 6.77. The fourth-order valence-corrected chi connectivity index (χ4v) is 4.53. The number of aryl methyl sites for hydroxylation is 2. The summed E-state index contributed by atoms with van der Waals surface area (Å²) in [6, 6.07) is 16.1. The summed E-state index contributed by atoms with van der Waals surface area (Å²) < 4.78 is 14.3. The summed E-state index contributed by atoms with van der Waals surface area (Å²) in [5, 5.41) is 10.9. The van der Waals surface area contributed by atoms with Crippen LogP contribution in [0.5, 0.6) is 17.4 Å². The van der Waals surface area contributed by atoms with Crippen LogP contribution in [-0.2, 0) is 19.3 Å². The molecule has 0 saturated heterocycles. The normalized spacial score (nSPS) is 11.1.